The van der Waals surface area contributed by atoms with Crippen LogP contribution in [0.4, 0.5) is 0 Å². The van der Waals surface area contributed by atoms with Crippen LogP contribution in [-0.2, 0) is 4.79 Å². The Morgan fingerprint density at radius 1 is 1.31 bits per heavy atom. The summed E-state index contributed by atoms with van der Waals surface area (Å²) in [4.78, 5) is 10.5. The molecular weight excluding hydrogens is 274 g/mol. The number of ether oxygens (including phenoxy) is 1. The van der Waals surface area contributed by atoms with E-state index in [0.29, 0.717) is 5.02 Å². The van der Waals surface area contributed by atoms with Gasteiger partial charge in [0.25, 0.3) is 0 Å². The quantitative estimate of drug-likeness (QED) is 0.857. The monoisotopic (exact) mass is 280 g/mol. The minimum atomic E-state index is -1.14. The zero-order valence-corrected chi connectivity index (χ0v) is 10.2. The molecule has 86 valence electrons. The van der Waals surface area contributed by atoms with Crippen molar-refractivity contribution in [2.24, 2.45) is 0 Å². The molecule has 0 saturated heterocycles. The normalized spacial score (nSPS) is 9.94. The van der Waals surface area contributed by atoms with E-state index in [4.69, 9.17) is 44.6 Å². The van der Waals surface area contributed by atoms with Crippen LogP contribution in [0.3, 0.4) is 0 Å². The van der Waals surface area contributed by atoms with Gasteiger partial charge in [0.05, 0.1) is 15.6 Å². The van der Waals surface area contributed by atoms with E-state index in [2.05, 4.69) is 6.58 Å². The summed E-state index contributed by atoms with van der Waals surface area (Å²) in [6.07, 6.45) is 0. The second-order valence-corrected chi connectivity index (χ2v) is 4.15. The molecule has 3 nitrogen and oxygen atoms in total. The van der Waals surface area contributed by atoms with Gasteiger partial charge in [0.2, 0.25) is 0 Å². The van der Waals surface area contributed by atoms with Crippen LogP contribution < -0.4 is 4.74 Å². The zero-order chi connectivity index (χ0) is 12.3. The van der Waals surface area contributed by atoms with Crippen molar-refractivity contribution in [2.75, 3.05) is 6.61 Å². The maximum absolute atomic E-state index is 10.5. The number of aliphatic carboxylic acids is 1. The Bertz CT molecular complexity index is 420. The minimum Gasteiger partial charge on any atom is -0.486 e. The van der Waals surface area contributed by atoms with Crippen molar-refractivity contribution < 1.29 is 14.6 Å². The molecule has 0 saturated carbocycles. The molecule has 0 heterocycles. The van der Waals surface area contributed by atoms with Crippen LogP contribution >= 0.6 is 34.8 Å². The first-order valence-electron chi connectivity index (χ1n) is 4.10. The van der Waals surface area contributed by atoms with Gasteiger partial charge < -0.3 is 9.84 Å². The predicted molar refractivity (Wildman–Crippen MR) is 63.7 cm³/mol. The Morgan fingerprint density at radius 2 is 1.81 bits per heavy atom. The van der Waals surface area contributed by atoms with Gasteiger partial charge in [-0.25, -0.2) is 4.79 Å². The van der Waals surface area contributed by atoms with Crippen LogP contribution in [0.5, 0.6) is 5.75 Å². The smallest absolute Gasteiger partial charge is 0.334 e. The molecule has 0 spiro atoms. The standard InChI is InChI=1S/C10H7Cl3O3/c1-5(10(14)15)4-16-9-7(12)2-6(11)3-8(9)13/h2-3H,1,4H2,(H,14,15). The highest BCUT2D eigenvalue weighted by Gasteiger charge is 2.11. The fourth-order valence-corrected chi connectivity index (χ4v) is 1.81. The number of hydrogen-bond acceptors (Lipinski definition) is 2. The molecule has 16 heavy (non-hydrogen) atoms. The van der Waals surface area contributed by atoms with Crippen molar-refractivity contribution in [1.29, 1.82) is 0 Å². The molecule has 0 bridgehead atoms. The Kier molecular flexibility index (Phi) is 4.47. The first-order chi connectivity index (χ1) is 7.41. The Morgan fingerprint density at radius 3 is 2.25 bits per heavy atom. The Hall–Kier alpha value is -0.900. The Labute approximate surface area is 107 Å². The average molecular weight is 282 g/mol. The van der Waals surface area contributed by atoms with Gasteiger partial charge in [0.1, 0.15) is 6.61 Å². The van der Waals surface area contributed by atoms with Gasteiger partial charge in [-0.15, -0.1) is 0 Å². The molecule has 0 radical (unpaired) electrons. The minimum absolute atomic E-state index is 0.0953. The molecule has 0 aromatic heterocycles. The van der Waals surface area contributed by atoms with Gasteiger partial charge in [0, 0.05) is 5.02 Å². The summed E-state index contributed by atoms with van der Waals surface area (Å²) >= 11 is 17.4. The maximum Gasteiger partial charge on any atom is 0.334 e. The van der Waals surface area contributed by atoms with Crippen LogP contribution in [0, 0.1) is 0 Å². The number of carbonyl (C=O) groups is 1. The zero-order valence-electron chi connectivity index (χ0n) is 7.97. The van der Waals surface area contributed by atoms with Crippen molar-refractivity contribution in [3.63, 3.8) is 0 Å². The van der Waals surface area contributed by atoms with Crippen molar-refractivity contribution in [3.05, 3.63) is 39.4 Å². The molecule has 1 N–H and O–H groups in total. The van der Waals surface area contributed by atoms with Gasteiger partial charge in [-0.3, -0.25) is 0 Å². The molecule has 1 aromatic rings. The first kappa shape index (κ1) is 13.2. The Balaban J connectivity index is 2.82. The number of hydrogen-bond donors (Lipinski definition) is 1. The summed E-state index contributed by atoms with van der Waals surface area (Å²) in [5, 5.41) is 9.39. The van der Waals surface area contributed by atoms with E-state index in [0.717, 1.165) is 0 Å². The van der Waals surface area contributed by atoms with Crippen molar-refractivity contribution in [2.45, 2.75) is 0 Å². The number of carboxylic acid groups (broad SMARTS) is 1. The molecule has 0 unspecified atom stereocenters. The highest BCUT2D eigenvalue weighted by atomic mass is 35.5. The third-order valence-electron chi connectivity index (χ3n) is 1.66. The topological polar surface area (TPSA) is 46.5 Å². The number of halogens is 3. The predicted octanol–water partition coefficient (Wildman–Crippen LogP) is 3.67. The molecule has 1 aromatic carbocycles. The molecule has 0 aliphatic carbocycles. The van der Waals surface area contributed by atoms with Gasteiger partial charge in [-0.05, 0) is 12.1 Å². The van der Waals surface area contributed by atoms with Crippen LogP contribution in [0.2, 0.25) is 15.1 Å². The van der Waals surface area contributed by atoms with E-state index in [1.165, 1.54) is 12.1 Å². The summed E-state index contributed by atoms with van der Waals surface area (Å²) in [6.45, 7) is 3.11. The number of benzene rings is 1. The van der Waals surface area contributed by atoms with E-state index in [1.807, 2.05) is 0 Å². The second kappa shape index (κ2) is 5.43. The average Bonchev–Trinajstić information content (AvgIpc) is 2.15. The molecule has 0 fully saturated rings. The summed E-state index contributed by atoms with van der Waals surface area (Å²) in [5.41, 5.74) is -0.0953. The third kappa shape index (κ3) is 3.30. The van der Waals surface area contributed by atoms with Crippen molar-refractivity contribution >= 4 is 40.8 Å². The van der Waals surface area contributed by atoms with E-state index in [1.54, 1.807) is 0 Å². The summed E-state index contributed by atoms with van der Waals surface area (Å²) < 4.78 is 5.14. The highest BCUT2D eigenvalue weighted by molar-refractivity contribution is 6.40. The number of rotatable bonds is 4. The lowest BCUT2D eigenvalue weighted by Gasteiger charge is -2.09. The van der Waals surface area contributed by atoms with Gasteiger partial charge >= 0.3 is 5.97 Å². The molecule has 0 amide bonds. The van der Waals surface area contributed by atoms with E-state index < -0.39 is 5.97 Å². The van der Waals surface area contributed by atoms with Gasteiger partial charge in [0.15, 0.2) is 5.75 Å². The van der Waals surface area contributed by atoms with Gasteiger partial charge in [-0.1, -0.05) is 41.4 Å². The molecule has 6 heteroatoms. The lowest BCUT2D eigenvalue weighted by atomic mass is 10.3. The molecule has 0 aliphatic rings. The SMILES string of the molecule is C=C(COc1c(Cl)cc(Cl)cc1Cl)C(=O)O. The number of carboxylic acids is 1. The summed E-state index contributed by atoms with van der Waals surface area (Å²) in [7, 11) is 0. The third-order valence-corrected chi connectivity index (χ3v) is 2.44. The lowest BCUT2D eigenvalue weighted by molar-refractivity contribution is -0.133. The van der Waals surface area contributed by atoms with E-state index in [-0.39, 0.29) is 28.0 Å². The van der Waals surface area contributed by atoms with E-state index in [9.17, 15) is 4.79 Å². The molecule has 0 atom stereocenters. The fourth-order valence-electron chi connectivity index (χ4n) is 0.888. The van der Waals surface area contributed by atoms with Crippen LogP contribution in [0.15, 0.2) is 24.3 Å². The summed E-state index contributed by atoms with van der Waals surface area (Å²) in [6, 6.07) is 2.90. The summed E-state index contributed by atoms with van der Waals surface area (Å²) in [5.74, 6) is -0.948. The van der Waals surface area contributed by atoms with Crippen LogP contribution in [0.25, 0.3) is 0 Å². The fraction of sp³-hybridized carbons (Fsp3) is 0.100. The van der Waals surface area contributed by atoms with Crippen LogP contribution in [0.1, 0.15) is 0 Å². The molecular formula is C10H7Cl3O3. The molecule has 0 aliphatic heterocycles. The second-order valence-electron chi connectivity index (χ2n) is 2.90. The van der Waals surface area contributed by atoms with Gasteiger partial charge in [-0.2, -0.15) is 0 Å². The largest absolute Gasteiger partial charge is 0.486 e. The lowest BCUT2D eigenvalue weighted by Crippen LogP contribution is -2.09. The highest BCUT2D eigenvalue weighted by Crippen LogP contribution is 2.35. The van der Waals surface area contributed by atoms with Crippen LogP contribution in [-0.4, -0.2) is 17.7 Å². The van der Waals surface area contributed by atoms with Crippen molar-refractivity contribution in [1.82, 2.24) is 0 Å². The maximum atomic E-state index is 10.5. The first-order valence-corrected chi connectivity index (χ1v) is 5.23. The van der Waals surface area contributed by atoms with Crippen molar-refractivity contribution in [3.8, 4) is 5.75 Å². The van der Waals surface area contributed by atoms with E-state index >= 15 is 0 Å². The molecule has 1 rings (SSSR count).